The number of halogens is 3. The minimum Gasteiger partial charge on any atom is -0.478 e. The molecule has 1 aromatic carbocycles. The summed E-state index contributed by atoms with van der Waals surface area (Å²) >= 11 is 0. The molecule has 0 atom stereocenters. The van der Waals surface area contributed by atoms with Gasteiger partial charge in [0, 0.05) is 19.6 Å². The van der Waals surface area contributed by atoms with Gasteiger partial charge in [0.1, 0.15) is 0 Å². The normalized spacial score (nSPS) is 17.1. The van der Waals surface area contributed by atoms with Crippen LogP contribution in [-0.2, 0) is 17.5 Å². The van der Waals surface area contributed by atoms with Crippen LogP contribution in [0.3, 0.4) is 0 Å². The van der Waals surface area contributed by atoms with E-state index in [-0.39, 0.29) is 17.7 Å². The summed E-state index contributed by atoms with van der Waals surface area (Å²) in [7, 11) is 0. The average molecular weight is 289 g/mol. The second-order valence-electron chi connectivity index (χ2n) is 4.56. The molecule has 4 nitrogen and oxygen atoms in total. The highest BCUT2D eigenvalue weighted by Crippen LogP contribution is 2.33. The molecule has 0 amide bonds. The van der Waals surface area contributed by atoms with Gasteiger partial charge in [-0.05, 0) is 17.7 Å². The third kappa shape index (κ3) is 3.49. The van der Waals surface area contributed by atoms with Crippen molar-refractivity contribution in [2.45, 2.75) is 12.7 Å². The fourth-order valence-electron chi connectivity index (χ4n) is 2.11. The van der Waals surface area contributed by atoms with E-state index in [1.807, 2.05) is 4.90 Å². The summed E-state index contributed by atoms with van der Waals surface area (Å²) in [5.74, 6) is -1.37. The smallest absolute Gasteiger partial charge is 0.416 e. The van der Waals surface area contributed by atoms with Crippen LogP contribution >= 0.6 is 0 Å². The van der Waals surface area contributed by atoms with Crippen molar-refractivity contribution in [1.82, 2.24) is 4.90 Å². The molecule has 110 valence electrons. The highest BCUT2D eigenvalue weighted by molar-refractivity contribution is 5.88. The molecule has 2 rings (SSSR count). The van der Waals surface area contributed by atoms with Crippen LogP contribution < -0.4 is 0 Å². The number of carbonyl (C=O) groups is 1. The maximum absolute atomic E-state index is 13.0. The Labute approximate surface area is 113 Å². The number of nitrogens with zero attached hydrogens (tertiary/aromatic N) is 1. The number of carboxylic acids is 1. The van der Waals surface area contributed by atoms with E-state index in [9.17, 15) is 18.0 Å². The van der Waals surface area contributed by atoms with Crippen LogP contribution in [0.15, 0.2) is 18.2 Å². The molecule has 0 spiro atoms. The molecule has 20 heavy (non-hydrogen) atoms. The molecule has 1 N–H and O–H groups in total. The second-order valence-corrected chi connectivity index (χ2v) is 4.56. The molecular weight excluding hydrogens is 275 g/mol. The molecule has 1 saturated heterocycles. The summed E-state index contributed by atoms with van der Waals surface area (Å²) in [5.41, 5.74) is -1.16. The van der Waals surface area contributed by atoms with Crippen LogP contribution in [0.4, 0.5) is 13.2 Å². The van der Waals surface area contributed by atoms with E-state index >= 15 is 0 Å². The van der Waals surface area contributed by atoms with Gasteiger partial charge in [0.2, 0.25) is 0 Å². The van der Waals surface area contributed by atoms with Crippen LogP contribution in [0.5, 0.6) is 0 Å². The predicted octanol–water partition coefficient (Wildman–Crippen LogP) is 2.24. The largest absolute Gasteiger partial charge is 0.478 e. The zero-order chi connectivity index (χ0) is 14.8. The third-order valence-corrected chi connectivity index (χ3v) is 3.16. The molecule has 0 aromatic heterocycles. The van der Waals surface area contributed by atoms with Gasteiger partial charge < -0.3 is 9.84 Å². The van der Waals surface area contributed by atoms with Gasteiger partial charge in [0.05, 0.1) is 24.3 Å². The Bertz CT molecular complexity index is 496. The van der Waals surface area contributed by atoms with Crippen LogP contribution in [0, 0.1) is 0 Å². The first-order chi connectivity index (χ1) is 9.38. The predicted molar refractivity (Wildman–Crippen MR) is 64.5 cm³/mol. The SMILES string of the molecule is O=C(O)c1ccc(CN2CCOCC2)c(C(F)(F)F)c1. The lowest BCUT2D eigenvalue weighted by molar-refractivity contribution is -0.138. The molecule has 0 radical (unpaired) electrons. The van der Waals surface area contributed by atoms with Gasteiger partial charge in [-0.1, -0.05) is 6.07 Å². The standard InChI is InChI=1S/C13H14F3NO3/c14-13(15,16)11-7-9(12(18)19)1-2-10(11)8-17-3-5-20-6-4-17/h1-2,7H,3-6,8H2,(H,18,19). The van der Waals surface area contributed by atoms with Gasteiger partial charge in [-0.25, -0.2) is 4.79 Å². The maximum atomic E-state index is 13.0. The zero-order valence-corrected chi connectivity index (χ0v) is 10.6. The van der Waals surface area contributed by atoms with Crippen molar-refractivity contribution in [1.29, 1.82) is 0 Å². The molecule has 1 fully saturated rings. The van der Waals surface area contributed by atoms with Crippen LogP contribution in [-0.4, -0.2) is 42.3 Å². The minimum atomic E-state index is -4.56. The molecule has 1 aliphatic heterocycles. The van der Waals surface area contributed by atoms with E-state index in [0.717, 1.165) is 0 Å². The minimum absolute atomic E-state index is 0.0874. The highest BCUT2D eigenvalue weighted by atomic mass is 19.4. The van der Waals surface area contributed by atoms with Crippen molar-refractivity contribution in [3.8, 4) is 0 Å². The van der Waals surface area contributed by atoms with E-state index < -0.39 is 17.7 Å². The zero-order valence-electron chi connectivity index (χ0n) is 10.6. The Kier molecular flexibility index (Phi) is 4.29. The van der Waals surface area contributed by atoms with Crippen molar-refractivity contribution in [2.24, 2.45) is 0 Å². The molecule has 0 aliphatic carbocycles. The van der Waals surface area contributed by atoms with E-state index in [1.54, 1.807) is 0 Å². The number of ether oxygens (including phenoxy) is 1. The molecule has 1 aromatic rings. The number of carboxylic acid groups (broad SMARTS) is 1. The van der Waals surface area contributed by atoms with Gasteiger partial charge >= 0.3 is 12.1 Å². The van der Waals surface area contributed by atoms with Gasteiger partial charge in [-0.15, -0.1) is 0 Å². The molecule has 0 saturated carbocycles. The van der Waals surface area contributed by atoms with E-state index in [2.05, 4.69) is 0 Å². The fourth-order valence-corrected chi connectivity index (χ4v) is 2.11. The number of rotatable bonds is 3. The van der Waals surface area contributed by atoms with Crippen molar-refractivity contribution >= 4 is 5.97 Å². The topological polar surface area (TPSA) is 49.8 Å². The lowest BCUT2D eigenvalue weighted by atomic mass is 10.0. The lowest BCUT2D eigenvalue weighted by Crippen LogP contribution is -2.36. The van der Waals surface area contributed by atoms with Crippen molar-refractivity contribution in [2.75, 3.05) is 26.3 Å². The van der Waals surface area contributed by atoms with E-state index in [1.165, 1.54) is 12.1 Å². The van der Waals surface area contributed by atoms with Gasteiger partial charge in [-0.2, -0.15) is 13.2 Å². The first-order valence-electron chi connectivity index (χ1n) is 6.11. The Morgan fingerprint density at radius 3 is 2.50 bits per heavy atom. The number of benzene rings is 1. The highest BCUT2D eigenvalue weighted by Gasteiger charge is 2.34. The summed E-state index contributed by atoms with van der Waals surface area (Å²) in [6, 6.07) is 3.13. The monoisotopic (exact) mass is 289 g/mol. The molecule has 0 unspecified atom stereocenters. The molecule has 1 aliphatic rings. The van der Waals surface area contributed by atoms with Crippen molar-refractivity contribution in [3.05, 3.63) is 34.9 Å². The van der Waals surface area contributed by atoms with Gasteiger partial charge in [0.25, 0.3) is 0 Å². The Morgan fingerprint density at radius 2 is 1.95 bits per heavy atom. The first-order valence-corrected chi connectivity index (χ1v) is 6.11. The number of hydrogen-bond acceptors (Lipinski definition) is 3. The van der Waals surface area contributed by atoms with Crippen molar-refractivity contribution < 1.29 is 27.8 Å². The van der Waals surface area contributed by atoms with Crippen LogP contribution in [0.25, 0.3) is 0 Å². The number of aromatic carboxylic acids is 1. The maximum Gasteiger partial charge on any atom is 0.416 e. The third-order valence-electron chi connectivity index (χ3n) is 3.16. The summed E-state index contributed by atoms with van der Waals surface area (Å²) in [6.07, 6.45) is -4.56. The second kappa shape index (κ2) is 5.80. The summed E-state index contributed by atoms with van der Waals surface area (Å²) in [6.45, 7) is 2.26. The quantitative estimate of drug-likeness (QED) is 0.927. The molecule has 7 heteroatoms. The Balaban J connectivity index is 2.28. The Hall–Kier alpha value is -1.60. The molecular formula is C13H14F3NO3. The fraction of sp³-hybridized carbons (Fsp3) is 0.462. The van der Waals surface area contributed by atoms with Gasteiger partial charge in [0.15, 0.2) is 0 Å². The van der Waals surface area contributed by atoms with Gasteiger partial charge in [-0.3, -0.25) is 4.90 Å². The molecule has 0 bridgehead atoms. The lowest BCUT2D eigenvalue weighted by Gasteiger charge is -2.27. The average Bonchev–Trinajstić information content (AvgIpc) is 2.39. The van der Waals surface area contributed by atoms with E-state index in [0.29, 0.717) is 32.4 Å². The molecule has 1 heterocycles. The summed E-state index contributed by atoms with van der Waals surface area (Å²) in [5, 5.41) is 8.79. The number of alkyl halides is 3. The first kappa shape index (κ1) is 14.8. The van der Waals surface area contributed by atoms with Crippen LogP contribution in [0.1, 0.15) is 21.5 Å². The van der Waals surface area contributed by atoms with Crippen LogP contribution in [0.2, 0.25) is 0 Å². The van der Waals surface area contributed by atoms with E-state index in [4.69, 9.17) is 9.84 Å². The van der Waals surface area contributed by atoms with Crippen molar-refractivity contribution in [3.63, 3.8) is 0 Å². The number of hydrogen-bond donors (Lipinski definition) is 1. The number of morpholine rings is 1. The summed E-state index contributed by atoms with van der Waals surface area (Å²) in [4.78, 5) is 12.6. The Morgan fingerprint density at radius 1 is 1.30 bits per heavy atom. The summed E-state index contributed by atoms with van der Waals surface area (Å²) < 4.78 is 44.2.